The minimum atomic E-state index is -3.85. The van der Waals surface area contributed by atoms with E-state index in [2.05, 4.69) is 0 Å². The second-order valence-corrected chi connectivity index (χ2v) is 6.37. The molecule has 96 valence electrons. The van der Waals surface area contributed by atoms with Gasteiger partial charge in [0.1, 0.15) is 4.90 Å². The number of benzene rings is 1. The molecule has 0 fully saturated rings. The first-order chi connectivity index (χ1) is 7.82. The fourth-order valence-corrected chi connectivity index (χ4v) is 3.35. The molecule has 0 aliphatic heterocycles. The quantitative estimate of drug-likeness (QED) is 0.632. The highest BCUT2D eigenvalue weighted by molar-refractivity contribution is 7.89. The predicted molar refractivity (Wildman–Crippen MR) is 67.0 cm³/mol. The zero-order valence-electron chi connectivity index (χ0n) is 8.75. The van der Waals surface area contributed by atoms with Gasteiger partial charge in [0, 0.05) is 19.5 Å². The Kier molecular flexibility index (Phi) is 5.04. The molecular formula is C9H9Cl3FNO2S. The highest BCUT2D eigenvalue weighted by Gasteiger charge is 2.25. The second kappa shape index (κ2) is 5.71. The molecule has 0 amide bonds. The topological polar surface area (TPSA) is 37.4 Å². The molecule has 0 heterocycles. The summed E-state index contributed by atoms with van der Waals surface area (Å²) in [5.74, 6) is -0.822. The number of alkyl halides is 1. The maximum absolute atomic E-state index is 13.4. The first kappa shape index (κ1) is 15.0. The van der Waals surface area contributed by atoms with Crippen LogP contribution in [0.4, 0.5) is 4.39 Å². The molecule has 0 aliphatic carbocycles. The lowest BCUT2D eigenvalue weighted by Crippen LogP contribution is -2.29. The van der Waals surface area contributed by atoms with E-state index in [-0.39, 0.29) is 22.3 Å². The molecule has 1 aromatic rings. The van der Waals surface area contributed by atoms with Gasteiger partial charge in [-0.15, -0.1) is 11.6 Å². The molecular weight excluding hydrogens is 312 g/mol. The molecule has 0 aliphatic rings. The van der Waals surface area contributed by atoms with Crippen LogP contribution >= 0.6 is 34.8 Å². The van der Waals surface area contributed by atoms with Gasteiger partial charge in [-0.25, -0.2) is 12.8 Å². The number of halogens is 4. The SMILES string of the molecule is CN(CCCl)S(=O)(=O)c1ccc(Cl)c(F)c1Cl. The average Bonchev–Trinajstić information content (AvgIpc) is 2.26. The minimum Gasteiger partial charge on any atom is -0.207 e. The summed E-state index contributed by atoms with van der Waals surface area (Å²) in [4.78, 5) is -0.325. The van der Waals surface area contributed by atoms with Crippen LogP contribution in [0.5, 0.6) is 0 Å². The van der Waals surface area contributed by atoms with Gasteiger partial charge in [-0.1, -0.05) is 23.2 Å². The molecule has 8 heteroatoms. The van der Waals surface area contributed by atoms with E-state index >= 15 is 0 Å². The van der Waals surface area contributed by atoms with Crippen molar-refractivity contribution in [3.8, 4) is 0 Å². The normalized spacial score (nSPS) is 12.1. The van der Waals surface area contributed by atoms with Gasteiger partial charge in [-0.3, -0.25) is 0 Å². The second-order valence-electron chi connectivity index (χ2n) is 3.19. The van der Waals surface area contributed by atoms with Crippen molar-refractivity contribution in [2.45, 2.75) is 4.90 Å². The van der Waals surface area contributed by atoms with Gasteiger partial charge in [0.2, 0.25) is 10.0 Å². The molecule has 1 rings (SSSR count). The standard InChI is InChI=1S/C9H9Cl3FNO2S/c1-14(5-4-10)17(15,16)7-3-2-6(11)9(13)8(7)12/h2-3H,4-5H2,1H3. The van der Waals surface area contributed by atoms with E-state index < -0.39 is 20.9 Å². The number of rotatable bonds is 4. The first-order valence-corrected chi connectivity index (χ1v) is 7.21. The van der Waals surface area contributed by atoms with Crippen molar-refractivity contribution in [3.63, 3.8) is 0 Å². The summed E-state index contributed by atoms with van der Waals surface area (Å²) in [6, 6.07) is 2.30. The summed E-state index contributed by atoms with van der Waals surface area (Å²) >= 11 is 16.6. The van der Waals surface area contributed by atoms with Gasteiger partial charge in [-0.2, -0.15) is 4.31 Å². The van der Waals surface area contributed by atoms with Crippen LogP contribution in [-0.4, -0.2) is 32.2 Å². The Morgan fingerprint density at radius 3 is 2.47 bits per heavy atom. The summed E-state index contributed by atoms with van der Waals surface area (Å²) in [6.45, 7) is 0.102. The highest BCUT2D eigenvalue weighted by Crippen LogP contribution is 2.30. The van der Waals surface area contributed by atoms with E-state index in [1.165, 1.54) is 7.05 Å². The summed E-state index contributed by atoms with van der Waals surface area (Å²) < 4.78 is 38.4. The maximum Gasteiger partial charge on any atom is 0.244 e. The smallest absolute Gasteiger partial charge is 0.207 e. The fourth-order valence-electron chi connectivity index (χ4n) is 1.11. The third-order valence-corrected chi connectivity index (χ3v) is 4.93. The van der Waals surface area contributed by atoms with Crippen molar-refractivity contribution in [1.29, 1.82) is 0 Å². The Labute approximate surface area is 114 Å². The number of hydrogen-bond acceptors (Lipinski definition) is 2. The summed E-state index contributed by atoms with van der Waals surface area (Å²) in [7, 11) is -2.52. The Hall–Kier alpha value is -0.0700. The van der Waals surface area contributed by atoms with Crippen LogP contribution in [0, 0.1) is 5.82 Å². The lowest BCUT2D eigenvalue weighted by molar-refractivity contribution is 0.487. The molecule has 0 aromatic heterocycles. The number of nitrogens with zero attached hydrogens (tertiary/aromatic N) is 1. The maximum atomic E-state index is 13.4. The Morgan fingerprint density at radius 2 is 1.94 bits per heavy atom. The van der Waals surface area contributed by atoms with Crippen LogP contribution in [-0.2, 0) is 10.0 Å². The largest absolute Gasteiger partial charge is 0.244 e. The third-order valence-electron chi connectivity index (χ3n) is 2.09. The van der Waals surface area contributed by atoms with E-state index in [1.54, 1.807) is 0 Å². The Morgan fingerprint density at radius 1 is 1.35 bits per heavy atom. The van der Waals surface area contributed by atoms with E-state index in [1.807, 2.05) is 0 Å². The molecule has 17 heavy (non-hydrogen) atoms. The molecule has 0 atom stereocenters. The molecule has 0 saturated heterocycles. The Bertz CT molecular complexity index is 521. The molecule has 3 nitrogen and oxygen atoms in total. The van der Waals surface area contributed by atoms with Gasteiger partial charge >= 0.3 is 0 Å². The lowest BCUT2D eigenvalue weighted by atomic mass is 10.3. The number of hydrogen-bond donors (Lipinski definition) is 0. The van der Waals surface area contributed by atoms with Gasteiger partial charge in [0.25, 0.3) is 0 Å². The number of sulfonamides is 1. The van der Waals surface area contributed by atoms with E-state index in [4.69, 9.17) is 34.8 Å². The van der Waals surface area contributed by atoms with E-state index in [9.17, 15) is 12.8 Å². The van der Waals surface area contributed by atoms with Crippen molar-refractivity contribution in [2.24, 2.45) is 0 Å². The average molecular weight is 321 g/mol. The first-order valence-electron chi connectivity index (χ1n) is 4.48. The van der Waals surface area contributed by atoms with Gasteiger partial charge in [0.05, 0.1) is 10.0 Å². The molecule has 0 saturated carbocycles. The van der Waals surface area contributed by atoms with E-state index in [0.29, 0.717) is 0 Å². The summed E-state index contributed by atoms with van der Waals surface area (Å²) in [6.07, 6.45) is 0. The van der Waals surface area contributed by atoms with Gasteiger partial charge < -0.3 is 0 Å². The Balaban J connectivity index is 3.30. The molecule has 0 radical (unpaired) electrons. The summed E-state index contributed by atoms with van der Waals surface area (Å²) in [5.41, 5.74) is 0. The molecule has 0 bridgehead atoms. The molecule has 1 aromatic carbocycles. The van der Waals surface area contributed by atoms with Crippen LogP contribution in [0.3, 0.4) is 0 Å². The van der Waals surface area contributed by atoms with Crippen LogP contribution in [0.2, 0.25) is 10.0 Å². The van der Waals surface area contributed by atoms with Crippen LogP contribution in [0.1, 0.15) is 0 Å². The predicted octanol–water partition coefficient (Wildman–Crippen LogP) is 2.99. The van der Waals surface area contributed by atoms with Gasteiger partial charge in [0.15, 0.2) is 5.82 Å². The van der Waals surface area contributed by atoms with Crippen LogP contribution in [0.25, 0.3) is 0 Å². The van der Waals surface area contributed by atoms with Crippen molar-refractivity contribution in [3.05, 3.63) is 28.0 Å². The van der Waals surface area contributed by atoms with Crippen molar-refractivity contribution < 1.29 is 12.8 Å². The monoisotopic (exact) mass is 319 g/mol. The molecule has 0 unspecified atom stereocenters. The zero-order chi connectivity index (χ0) is 13.2. The van der Waals surface area contributed by atoms with Gasteiger partial charge in [-0.05, 0) is 12.1 Å². The van der Waals surface area contributed by atoms with Crippen LogP contribution < -0.4 is 0 Å². The van der Waals surface area contributed by atoms with Crippen molar-refractivity contribution >= 4 is 44.8 Å². The molecule has 0 N–H and O–H groups in total. The third kappa shape index (κ3) is 3.03. The zero-order valence-corrected chi connectivity index (χ0v) is 11.8. The van der Waals surface area contributed by atoms with Crippen molar-refractivity contribution in [1.82, 2.24) is 4.31 Å². The molecule has 0 spiro atoms. The minimum absolute atomic E-state index is 0.102. The fraction of sp³-hybridized carbons (Fsp3) is 0.333. The van der Waals surface area contributed by atoms with Crippen molar-refractivity contribution in [2.75, 3.05) is 19.5 Å². The van der Waals surface area contributed by atoms with Crippen LogP contribution in [0.15, 0.2) is 17.0 Å². The lowest BCUT2D eigenvalue weighted by Gasteiger charge is -2.16. The van der Waals surface area contributed by atoms with E-state index in [0.717, 1.165) is 16.4 Å². The summed E-state index contributed by atoms with van der Waals surface area (Å²) in [5, 5.41) is -0.743. The highest BCUT2D eigenvalue weighted by atomic mass is 35.5.